The van der Waals surface area contributed by atoms with Crippen LogP contribution in [0.15, 0.2) is 24.3 Å². The second-order valence-electron chi connectivity index (χ2n) is 4.42. The van der Waals surface area contributed by atoms with Crippen molar-refractivity contribution in [3.63, 3.8) is 0 Å². The Labute approximate surface area is 113 Å². The number of rotatable bonds is 7. The number of carbonyl (C=O) groups excluding carboxylic acids is 1. The molecule has 1 aromatic carbocycles. The Hall–Kier alpha value is -1.75. The first-order valence-electron chi connectivity index (χ1n) is 6.22. The molecule has 1 rings (SSSR count). The number of esters is 1. The molecule has 0 aliphatic carbocycles. The van der Waals surface area contributed by atoms with Gasteiger partial charge in [0.1, 0.15) is 17.0 Å². The summed E-state index contributed by atoms with van der Waals surface area (Å²) in [5.74, 6) is 0.995. The second kappa shape index (κ2) is 6.99. The highest BCUT2D eigenvalue weighted by molar-refractivity contribution is 5.79. The van der Waals surface area contributed by atoms with Gasteiger partial charge < -0.3 is 19.9 Å². The summed E-state index contributed by atoms with van der Waals surface area (Å²) in [6.45, 7) is 4.48. The van der Waals surface area contributed by atoms with E-state index in [2.05, 4.69) is 4.74 Å². The molecule has 0 spiro atoms. The number of hydrogen-bond acceptors (Lipinski definition) is 5. The van der Waals surface area contributed by atoms with Gasteiger partial charge in [0, 0.05) is 12.5 Å². The van der Waals surface area contributed by atoms with E-state index in [9.17, 15) is 4.79 Å². The van der Waals surface area contributed by atoms with Crippen molar-refractivity contribution < 1.29 is 19.0 Å². The first kappa shape index (κ1) is 15.3. The van der Waals surface area contributed by atoms with Crippen molar-refractivity contribution in [2.45, 2.75) is 25.8 Å². The van der Waals surface area contributed by atoms with E-state index >= 15 is 0 Å². The average molecular weight is 267 g/mol. The summed E-state index contributed by atoms with van der Waals surface area (Å²) in [7, 11) is 1.32. The zero-order valence-electron chi connectivity index (χ0n) is 11.6. The van der Waals surface area contributed by atoms with E-state index in [1.807, 2.05) is 25.1 Å². The maximum atomic E-state index is 11.4. The Balaban J connectivity index is 2.49. The number of benzene rings is 1. The van der Waals surface area contributed by atoms with Crippen LogP contribution in [-0.2, 0) is 9.53 Å². The molecular formula is C14H21NO4. The lowest BCUT2D eigenvalue weighted by Gasteiger charge is -2.21. The molecule has 19 heavy (non-hydrogen) atoms. The smallest absolute Gasteiger partial charge is 0.325 e. The predicted octanol–water partition coefficient (Wildman–Crippen LogP) is 1.74. The minimum absolute atomic E-state index is 0.331. The fourth-order valence-corrected chi connectivity index (χ4v) is 1.54. The van der Waals surface area contributed by atoms with Gasteiger partial charge in [0.25, 0.3) is 0 Å². The molecule has 0 fully saturated rings. The second-order valence-corrected chi connectivity index (χ2v) is 4.42. The topological polar surface area (TPSA) is 70.8 Å². The third kappa shape index (κ3) is 4.79. The van der Waals surface area contributed by atoms with Crippen molar-refractivity contribution in [3.05, 3.63) is 24.3 Å². The largest absolute Gasteiger partial charge is 0.494 e. The molecule has 106 valence electrons. The molecule has 1 aromatic rings. The van der Waals surface area contributed by atoms with Crippen molar-refractivity contribution in [3.8, 4) is 11.5 Å². The molecule has 1 atom stereocenters. The molecule has 0 aliphatic rings. The van der Waals surface area contributed by atoms with E-state index in [0.717, 1.165) is 5.75 Å². The Bertz CT molecular complexity index is 418. The first-order valence-corrected chi connectivity index (χ1v) is 6.22. The Morgan fingerprint density at radius 3 is 2.53 bits per heavy atom. The van der Waals surface area contributed by atoms with Crippen LogP contribution >= 0.6 is 0 Å². The van der Waals surface area contributed by atoms with Crippen molar-refractivity contribution in [2.24, 2.45) is 5.73 Å². The van der Waals surface area contributed by atoms with Crippen molar-refractivity contribution in [1.82, 2.24) is 0 Å². The van der Waals surface area contributed by atoms with Gasteiger partial charge in [0.05, 0.1) is 20.3 Å². The third-order valence-corrected chi connectivity index (χ3v) is 2.66. The monoisotopic (exact) mass is 267 g/mol. The lowest BCUT2D eigenvalue weighted by atomic mass is 10.0. The lowest BCUT2D eigenvalue weighted by molar-refractivity contribution is -0.146. The highest BCUT2D eigenvalue weighted by Crippen LogP contribution is 2.20. The van der Waals surface area contributed by atoms with Gasteiger partial charge in [-0.1, -0.05) is 6.07 Å². The van der Waals surface area contributed by atoms with Gasteiger partial charge in [0.2, 0.25) is 0 Å². The first-order chi connectivity index (χ1) is 8.99. The van der Waals surface area contributed by atoms with Gasteiger partial charge in [0.15, 0.2) is 0 Å². The van der Waals surface area contributed by atoms with E-state index in [0.29, 0.717) is 25.4 Å². The third-order valence-electron chi connectivity index (χ3n) is 2.66. The number of ether oxygens (including phenoxy) is 3. The lowest BCUT2D eigenvalue weighted by Crippen LogP contribution is -2.46. The molecule has 0 amide bonds. The van der Waals surface area contributed by atoms with Crippen molar-refractivity contribution >= 4 is 5.97 Å². The Morgan fingerprint density at radius 2 is 1.95 bits per heavy atom. The Kier molecular flexibility index (Phi) is 5.63. The van der Waals surface area contributed by atoms with E-state index in [-0.39, 0.29) is 0 Å². The maximum absolute atomic E-state index is 11.4. The minimum atomic E-state index is -1.04. The van der Waals surface area contributed by atoms with Gasteiger partial charge >= 0.3 is 5.97 Å². The highest BCUT2D eigenvalue weighted by atomic mass is 16.5. The molecule has 0 bridgehead atoms. The normalized spacial score (nSPS) is 13.5. The minimum Gasteiger partial charge on any atom is -0.494 e. The SMILES string of the molecule is CCOc1cccc(OCCC(C)(N)C(=O)OC)c1. The van der Waals surface area contributed by atoms with E-state index in [1.165, 1.54) is 7.11 Å². The molecule has 0 saturated heterocycles. The molecule has 2 N–H and O–H groups in total. The van der Waals surface area contributed by atoms with Gasteiger partial charge in [-0.3, -0.25) is 4.79 Å². The van der Waals surface area contributed by atoms with Crippen molar-refractivity contribution in [2.75, 3.05) is 20.3 Å². The molecular weight excluding hydrogens is 246 g/mol. The summed E-state index contributed by atoms with van der Waals surface area (Å²) < 4.78 is 15.6. The van der Waals surface area contributed by atoms with E-state index in [4.69, 9.17) is 15.2 Å². The van der Waals surface area contributed by atoms with E-state index in [1.54, 1.807) is 13.0 Å². The number of carbonyl (C=O) groups is 1. The summed E-state index contributed by atoms with van der Waals surface area (Å²) in [4.78, 5) is 11.4. The van der Waals surface area contributed by atoms with Crippen LogP contribution in [0.5, 0.6) is 11.5 Å². The van der Waals surface area contributed by atoms with Gasteiger partial charge in [-0.25, -0.2) is 0 Å². The van der Waals surface area contributed by atoms with Crippen LogP contribution in [0.4, 0.5) is 0 Å². The van der Waals surface area contributed by atoms with Gasteiger partial charge in [-0.05, 0) is 26.0 Å². The number of hydrogen-bond donors (Lipinski definition) is 1. The van der Waals surface area contributed by atoms with Crippen molar-refractivity contribution in [1.29, 1.82) is 0 Å². The quantitative estimate of drug-likeness (QED) is 0.762. The number of methoxy groups -OCH3 is 1. The predicted molar refractivity (Wildman–Crippen MR) is 72.3 cm³/mol. The fourth-order valence-electron chi connectivity index (χ4n) is 1.54. The van der Waals surface area contributed by atoms with E-state index < -0.39 is 11.5 Å². The molecule has 1 unspecified atom stereocenters. The molecule has 0 heterocycles. The van der Waals surface area contributed by atoms with Crippen LogP contribution < -0.4 is 15.2 Å². The molecule has 0 radical (unpaired) electrons. The standard InChI is InChI=1S/C14H21NO4/c1-4-18-11-6-5-7-12(10-11)19-9-8-14(2,15)13(16)17-3/h5-7,10H,4,8-9,15H2,1-3H3. The number of nitrogens with two attached hydrogens (primary N) is 1. The fraction of sp³-hybridized carbons (Fsp3) is 0.500. The summed E-state index contributed by atoms with van der Waals surface area (Å²) in [6.07, 6.45) is 0.374. The average Bonchev–Trinajstić information content (AvgIpc) is 2.38. The summed E-state index contributed by atoms with van der Waals surface area (Å²) >= 11 is 0. The van der Waals surface area contributed by atoms with Gasteiger partial charge in [-0.15, -0.1) is 0 Å². The van der Waals surface area contributed by atoms with Crippen LogP contribution in [0.25, 0.3) is 0 Å². The molecule has 0 aromatic heterocycles. The molecule has 5 heteroatoms. The molecule has 0 aliphatic heterocycles. The summed E-state index contributed by atoms with van der Waals surface area (Å²) in [5.41, 5.74) is 4.80. The highest BCUT2D eigenvalue weighted by Gasteiger charge is 2.29. The molecule has 0 saturated carbocycles. The maximum Gasteiger partial charge on any atom is 0.325 e. The van der Waals surface area contributed by atoms with Crippen LogP contribution in [-0.4, -0.2) is 31.8 Å². The van der Waals surface area contributed by atoms with Gasteiger partial charge in [-0.2, -0.15) is 0 Å². The van der Waals surface area contributed by atoms with Crippen LogP contribution in [0.3, 0.4) is 0 Å². The summed E-state index contributed by atoms with van der Waals surface area (Å²) in [5, 5.41) is 0. The molecule has 5 nitrogen and oxygen atoms in total. The van der Waals surface area contributed by atoms with Crippen LogP contribution in [0.1, 0.15) is 20.3 Å². The van der Waals surface area contributed by atoms with Crippen LogP contribution in [0.2, 0.25) is 0 Å². The van der Waals surface area contributed by atoms with Crippen LogP contribution in [0, 0.1) is 0 Å². The Morgan fingerprint density at radius 1 is 1.32 bits per heavy atom. The summed E-state index contributed by atoms with van der Waals surface area (Å²) in [6, 6.07) is 7.34. The zero-order valence-corrected chi connectivity index (χ0v) is 11.6. The zero-order chi connectivity index (χ0) is 14.3.